The number of hydrogen-bond donors (Lipinski definition) is 1. The van der Waals surface area contributed by atoms with Crippen molar-refractivity contribution in [1.29, 1.82) is 0 Å². The monoisotopic (exact) mass is 259 g/mol. The summed E-state index contributed by atoms with van der Waals surface area (Å²) in [5.74, 6) is 1.53. The van der Waals surface area contributed by atoms with Crippen molar-refractivity contribution in [3.8, 4) is 17.2 Å². The van der Waals surface area contributed by atoms with Crippen LogP contribution in [0, 0.1) is 6.92 Å². The largest absolute Gasteiger partial charge is 0.507 e. The second-order valence-electron chi connectivity index (χ2n) is 4.60. The highest BCUT2D eigenvalue weighted by molar-refractivity contribution is 5.75. The van der Waals surface area contributed by atoms with Gasteiger partial charge in [-0.05, 0) is 32.4 Å². The first-order chi connectivity index (χ1) is 9.08. The number of hydrogen-bond acceptors (Lipinski definition) is 4. The van der Waals surface area contributed by atoms with Gasteiger partial charge in [0.1, 0.15) is 17.3 Å². The molecule has 0 amide bonds. The number of aromatic nitrogens is 1. The minimum Gasteiger partial charge on any atom is -0.507 e. The highest BCUT2D eigenvalue weighted by Gasteiger charge is 2.13. The lowest BCUT2D eigenvalue weighted by atomic mass is 10.1. The molecule has 0 saturated carbocycles. The van der Waals surface area contributed by atoms with Crippen LogP contribution in [0.5, 0.6) is 5.75 Å². The van der Waals surface area contributed by atoms with Crippen molar-refractivity contribution in [1.82, 2.24) is 4.98 Å². The fraction of sp³-hybridized carbons (Fsp3) is 0.333. The van der Waals surface area contributed by atoms with Gasteiger partial charge in [-0.25, -0.2) is 4.98 Å². The summed E-state index contributed by atoms with van der Waals surface area (Å²) in [5.41, 5.74) is 1.39. The van der Waals surface area contributed by atoms with E-state index in [9.17, 15) is 9.90 Å². The summed E-state index contributed by atoms with van der Waals surface area (Å²) in [7, 11) is 0. The predicted octanol–water partition coefficient (Wildman–Crippen LogP) is 3.27. The Bertz CT molecular complexity index is 587. The van der Waals surface area contributed by atoms with Crippen LogP contribution in [0.3, 0.4) is 0 Å². The van der Waals surface area contributed by atoms with Crippen LogP contribution in [-0.2, 0) is 11.2 Å². The lowest BCUT2D eigenvalue weighted by Gasteiger charge is -1.98. The van der Waals surface area contributed by atoms with Gasteiger partial charge in [0.15, 0.2) is 0 Å². The molecule has 0 unspecified atom stereocenters. The first kappa shape index (κ1) is 13.3. The van der Waals surface area contributed by atoms with Crippen LogP contribution in [0.25, 0.3) is 11.5 Å². The van der Waals surface area contributed by atoms with Gasteiger partial charge in [-0.2, -0.15) is 0 Å². The quantitative estimate of drug-likeness (QED) is 0.895. The summed E-state index contributed by atoms with van der Waals surface area (Å²) in [6.45, 7) is 3.46. The Morgan fingerprint density at radius 1 is 1.37 bits per heavy atom. The molecule has 2 rings (SSSR count). The minimum atomic E-state index is 0.152. The van der Waals surface area contributed by atoms with Gasteiger partial charge in [0.25, 0.3) is 0 Å². The predicted molar refractivity (Wildman–Crippen MR) is 72.0 cm³/mol. The molecule has 0 aliphatic heterocycles. The van der Waals surface area contributed by atoms with E-state index in [1.165, 1.54) is 0 Å². The average Bonchev–Trinajstić information content (AvgIpc) is 2.71. The van der Waals surface area contributed by atoms with E-state index in [4.69, 9.17) is 4.42 Å². The third-order valence-electron chi connectivity index (χ3n) is 2.96. The summed E-state index contributed by atoms with van der Waals surface area (Å²) in [5, 5.41) is 9.77. The van der Waals surface area contributed by atoms with Gasteiger partial charge in [0.05, 0.1) is 11.3 Å². The van der Waals surface area contributed by atoms with Crippen LogP contribution in [0.4, 0.5) is 0 Å². The third-order valence-corrected chi connectivity index (χ3v) is 2.96. The van der Waals surface area contributed by atoms with Gasteiger partial charge in [-0.15, -0.1) is 0 Å². The number of rotatable bonds is 5. The molecule has 19 heavy (non-hydrogen) atoms. The molecule has 0 bridgehead atoms. The highest BCUT2D eigenvalue weighted by atomic mass is 16.4. The number of para-hydroxylation sites is 1. The van der Waals surface area contributed by atoms with E-state index >= 15 is 0 Å². The van der Waals surface area contributed by atoms with Crippen molar-refractivity contribution in [2.75, 3.05) is 0 Å². The molecule has 100 valence electrons. The van der Waals surface area contributed by atoms with Gasteiger partial charge in [-0.1, -0.05) is 12.1 Å². The van der Waals surface area contributed by atoms with Gasteiger partial charge >= 0.3 is 0 Å². The zero-order valence-corrected chi connectivity index (χ0v) is 11.1. The molecular weight excluding hydrogens is 242 g/mol. The molecule has 0 aliphatic rings. The van der Waals surface area contributed by atoms with Gasteiger partial charge in [0.2, 0.25) is 5.89 Å². The molecule has 4 heteroatoms. The molecule has 0 aliphatic carbocycles. The number of phenols is 1. The molecule has 0 atom stereocenters. The zero-order chi connectivity index (χ0) is 13.8. The second-order valence-corrected chi connectivity index (χ2v) is 4.60. The Hall–Kier alpha value is -2.10. The van der Waals surface area contributed by atoms with Crippen LogP contribution in [0.1, 0.15) is 31.2 Å². The van der Waals surface area contributed by atoms with E-state index in [-0.39, 0.29) is 11.5 Å². The molecule has 4 nitrogen and oxygen atoms in total. The number of carbonyl (C=O) groups is 1. The Labute approximate surface area is 112 Å². The molecule has 1 aromatic heterocycles. The number of benzene rings is 1. The minimum absolute atomic E-state index is 0.152. The summed E-state index contributed by atoms with van der Waals surface area (Å²) < 4.78 is 5.68. The Balaban J connectivity index is 2.17. The van der Waals surface area contributed by atoms with Crippen molar-refractivity contribution in [2.45, 2.75) is 33.1 Å². The molecule has 0 saturated heterocycles. The van der Waals surface area contributed by atoms with E-state index < -0.39 is 0 Å². The topological polar surface area (TPSA) is 63.3 Å². The molecule has 0 radical (unpaired) electrons. The van der Waals surface area contributed by atoms with E-state index in [2.05, 4.69) is 4.98 Å². The van der Waals surface area contributed by atoms with Crippen LogP contribution < -0.4 is 0 Å². The van der Waals surface area contributed by atoms with E-state index in [0.29, 0.717) is 24.3 Å². The first-order valence-corrected chi connectivity index (χ1v) is 6.32. The number of carbonyl (C=O) groups excluding carboxylic acids is 1. The Morgan fingerprint density at radius 2 is 2.11 bits per heavy atom. The first-order valence-electron chi connectivity index (χ1n) is 6.32. The van der Waals surface area contributed by atoms with E-state index in [1.54, 1.807) is 25.1 Å². The molecule has 2 aromatic rings. The third kappa shape index (κ3) is 3.22. The number of aryl methyl sites for hydroxylation is 2. The van der Waals surface area contributed by atoms with Gasteiger partial charge in [0, 0.05) is 12.8 Å². The lowest BCUT2D eigenvalue weighted by molar-refractivity contribution is -0.117. The van der Waals surface area contributed by atoms with Crippen molar-refractivity contribution < 1.29 is 14.3 Å². The Kier molecular flexibility index (Phi) is 4.00. The van der Waals surface area contributed by atoms with E-state index in [0.717, 1.165) is 17.9 Å². The van der Waals surface area contributed by atoms with Crippen molar-refractivity contribution in [2.24, 2.45) is 0 Å². The fourth-order valence-corrected chi connectivity index (χ4v) is 1.93. The van der Waals surface area contributed by atoms with Crippen LogP contribution in [-0.4, -0.2) is 15.9 Å². The number of oxazole rings is 1. The number of ketones is 1. The molecule has 1 heterocycles. The summed E-state index contributed by atoms with van der Waals surface area (Å²) in [6.07, 6.45) is 1.99. The van der Waals surface area contributed by atoms with Crippen LogP contribution in [0.15, 0.2) is 28.7 Å². The van der Waals surface area contributed by atoms with Crippen molar-refractivity contribution in [3.63, 3.8) is 0 Å². The van der Waals surface area contributed by atoms with Gasteiger partial charge in [-0.3, -0.25) is 0 Å². The van der Waals surface area contributed by atoms with Gasteiger partial charge < -0.3 is 14.3 Å². The lowest BCUT2D eigenvalue weighted by Crippen LogP contribution is -1.92. The number of phenolic OH excluding ortho intramolecular Hbond substituents is 1. The number of aromatic hydroxyl groups is 1. The molecule has 1 aromatic carbocycles. The van der Waals surface area contributed by atoms with Crippen LogP contribution >= 0.6 is 0 Å². The fourth-order valence-electron chi connectivity index (χ4n) is 1.93. The van der Waals surface area contributed by atoms with Crippen LogP contribution in [0.2, 0.25) is 0 Å². The average molecular weight is 259 g/mol. The van der Waals surface area contributed by atoms with Crippen molar-refractivity contribution >= 4 is 5.78 Å². The summed E-state index contributed by atoms with van der Waals surface area (Å²) in [6, 6.07) is 6.94. The maximum Gasteiger partial charge on any atom is 0.230 e. The molecular formula is C15H17NO3. The number of nitrogens with zero attached hydrogens (tertiary/aromatic N) is 1. The van der Waals surface area contributed by atoms with E-state index in [1.807, 2.05) is 13.0 Å². The molecule has 0 spiro atoms. The number of Topliss-reactive ketones (excluding diaryl/α,β-unsaturated/α-hetero) is 1. The summed E-state index contributed by atoms with van der Waals surface area (Å²) in [4.78, 5) is 15.2. The normalized spacial score (nSPS) is 10.6. The zero-order valence-electron chi connectivity index (χ0n) is 11.1. The summed E-state index contributed by atoms with van der Waals surface area (Å²) >= 11 is 0. The Morgan fingerprint density at radius 3 is 2.79 bits per heavy atom. The maximum absolute atomic E-state index is 10.9. The molecule has 1 N–H and O–H groups in total. The standard InChI is InChI=1S/C15H17NO3/c1-10(17)6-5-9-14-11(2)16-15(19-14)12-7-3-4-8-13(12)18/h3-4,7-8,18H,5-6,9H2,1-2H3. The SMILES string of the molecule is CC(=O)CCCc1oc(-c2ccccc2O)nc1C. The second kappa shape index (κ2) is 5.69. The molecule has 0 fully saturated rings. The highest BCUT2D eigenvalue weighted by Crippen LogP contribution is 2.29. The van der Waals surface area contributed by atoms with Crippen molar-refractivity contribution in [3.05, 3.63) is 35.7 Å². The maximum atomic E-state index is 10.9. The smallest absolute Gasteiger partial charge is 0.230 e.